The third kappa shape index (κ3) is 2.08. The van der Waals surface area contributed by atoms with Gasteiger partial charge in [-0.15, -0.1) is 0 Å². The Morgan fingerprint density at radius 3 is 2.88 bits per heavy atom. The molecule has 0 N–H and O–H groups in total. The SMILES string of the molecule is O=C1C2CC=CC=C2[Se]N1Cc1ccccc1. The van der Waals surface area contributed by atoms with Gasteiger partial charge >= 0.3 is 107 Å². The summed E-state index contributed by atoms with van der Waals surface area (Å²) in [5.74, 6) is 0.452. The topological polar surface area (TPSA) is 20.3 Å². The van der Waals surface area contributed by atoms with Crippen LogP contribution >= 0.6 is 0 Å². The van der Waals surface area contributed by atoms with Gasteiger partial charge in [0.05, 0.1) is 0 Å². The van der Waals surface area contributed by atoms with Crippen LogP contribution in [0.25, 0.3) is 0 Å². The molecule has 1 fully saturated rings. The van der Waals surface area contributed by atoms with Crippen LogP contribution in [0.2, 0.25) is 0 Å². The van der Waals surface area contributed by atoms with Gasteiger partial charge in [-0.2, -0.15) is 0 Å². The van der Waals surface area contributed by atoms with Gasteiger partial charge in [-0.05, 0) is 0 Å². The molecular formula is C14H13NOSe. The third-order valence-corrected chi connectivity index (χ3v) is 5.48. The van der Waals surface area contributed by atoms with Crippen LogP contribution in [-0.2, 0) is 11.3 Å². The first-order valence-electron chi connectivity index (χ1n) is 5.74. The van der Waals surface area contributed by atoms with Gasteiger partial charge in [0.15, 0.2) is 0 Å². The molecule has 2 nitrogen and oxygen atoms in total. The molecule has 3 rings (SSSR count). The fourth-order valence-electron chi connectivity index (χ4n) is 2.13. The molecule has 1 aromatic carbocycles. The molecule has 0 aromatic heterocycles. The van der Waals surface area contributed by atoms with Crippen molar-refractivity contribution >= 4 is 21.1 Å². The molecule has 1 saturated heterocycles. The molecule has 3 heteroatoms. The van der Waals surface area contributed by atoms with E-state index < -0.39 is 0 Å². The average Bonchev–Trinajstić information content (AvgIpc) is 2.68. The van der Waals surface area contributed by atoms with E-state index in [0.29, 0.717) is 5.91 Å². The Hall–Kier alpha value is -1.31. The van der Waals surface area contributed by atoms with Crippen molar-refractivity contribution in [1.29, 1.82) is 0 Å². The van der Waals surface area contributed by atoms with Gasteiger partial charge < -0.3 is 0 Å². The molecule has 86 valence electrons. The van der Waals surface area contributed by atoms with Gasteiger partial charge in [-0.3, -0.25) is 0 Å². The van der Waals surface area contributed by atoms with E-state index in [2.05, 4.69) is 30.4 Å². The summed E-state index contributed by atoms with van der Waals surface area (Å²) < 4.78 is 3.35. The first-order valence-corrected chi connectivity index (χ1v) is 7.37. The fourth-order valence-corrected chi connectivity index (χ4v) is 4.54. The Labute approximate surface area is 107 Å². The normalized spacial score (nSPS) is 22.6. The Morgan fingerprint density at radius 1 is 1.29 bits per heavy atom. The van der Waals surface area contributed by atoms with Crippen molar-refractivity contribution in [2.45, 2.75) is 13.0 Å². The van der Waals surface area contributed by atoms with Crippen LogP contribution in [-0.4, -0.2) is 25.0 Å². The second kappa shape index (κ2) is 4.52. The van der Waals surface area contributed by atoms with Crippen molar-refractivity contribution in [1.82, 2.24) is 3.92 Å². The van der Waals surface area contributed by atoms with Gasteiger partial charge in [-0.1, -0.05) is 0 Å². The first-order chi connectivity index (χ1) is 8.34. The van der Waals surface area contributed by atoms with E-state index in [0.717, 1.165) is 13.0 Å². The summed E-state index contributed by atoms with van der Waals surface area (Å²) in [4.78, 5) is 12.2. The summed E-state index contributed by atoms with van der Waals surface area (Å²) in [7, 11) is 0. The second-order valence-electron chi connectivity index (χ2n) is 4.24. The molecule has 2 aliphatic rings. The average molecular weight is 290 g/mol. The summed E-state index contributed by atoms with van der Waals surface area (Å²) in [6.07, 6.45) is 7.18. The summed E-state index contributed by atoms with van der Waals surface area (Å²) in [5, 5.41) is 0. The molecule has 1 aliphatic heterocycles. The predicted molar refractivity (Wildman–Crippen MR) is 68.1 cm³/mol. The summed E-state index contributed by atoms with van der Waals surface area (Å²) in [6.45, 7) is 0.757. The van der Waals surface area contributed by atoms with Crippen molar-refractivity contribution in [3.63, 3.8) is 0 Å². The fraction of sp³-hybridized carbons (Fsp3) is 0.214. The minimum absolute atomic E-state index is 0.142. The number of hydrogen-bond donors (Lipinski definition) is 0. The number of rotatable bonds is 2. The van der Waals surface area contributed by atoms with Crippen LogP contribution in [0.4, 0.5) is 0 Å². The second-order valence-corrected chi connectivity index (χ2v) is 6.53. The van der Waals surface area contributed by atoms with Crippen molar-refractivity contribution in [3.8, 4) is 0 Å². The molecule has 1 aromatic rings. The molecule has 1 unspecified atom stereocenters. The molecule has 17 heavy (non-hydrogen) atoms. The maximum absolute atomic E-state index is 12.2. The van der Waals surface area contributed by atoms with E-state index in [1.165, 1.54) is 10.0 Å². The zero-order valence-electron chi connectivity index (χ0n) is 9.37. The molecule has 1 aliphatic carbocycles. The molecule has 1 amide bonds. The van der Waals surface area contributed by atoms with Crippen LogP contribution in [0, 0.1) is 5.92 Å². The van der Waals surface area contributed by atoms with Crippen molar-refractivity contribution in [3.05, 3.63) is 58.6 Å². The summed E-state index contributed by atoms with van der Waals surface area (Å²) >= 11 is 0.197. The molecule has 1 atom stereocenters. The number of amides is 1. The van der Waals surface area contributed by atoms with Crippen LogP contribution in [0.5, 0.6) is 0 Å². The molecular weight excluding hydrogens is 277 g/mol. The standard InChI is InChI=1S/C14H13NOSe/c16-14-12-8-4-5-9-13(12)17-15(14)10-11-6-2-1-3-7-11/h1-7,9,12H,8,10H2. The van der Waals surface area contributed by atoms with E-state index >= 15 is 0 Å². The third-order valence-electron chi connectivity index (χ3n) is 3.04. The van der Waals surface area contributed by atoms with Gasteiger partial charge in [0.25, 0.3) is 0 Å². The molecule has 1 heterocycles. The quantitative estimate of drug-likeness (QED) is 0.764. The Morgan fingerprint density at radius 2 is 2.12 bits per heavy atom. The van der Waals surface area contributed by atoms with Crippen molar-refractivity contribution < 1.29 is 4.79 Å². The first kappa shape index (κ1) is 10.8. The zero-order valence-corrected chi connectivity index (χ0v) is 11.1. The van der Waals surface area contributed by atoms with E-state index in [9.17, 15) is 4.79 Å². The molecule has 0 spiro atoms. The number of hydrogen-bond acceptors (Lipinski definition) is 1. The Kier molecular flexibility index (Phi) is 2.87. The van der Waals surface area contributed by atoms with Gasteiger partial charge in [-0.25, -0.2) is 0 Å². The predicted octanol–water partition coefficient (Wildman–Crippen LogP) is 2.11. The Balaban J connectivity index is 1.77. The van der Waals surface area contributed by atoms with Crippen LogP contribution in [0.3, 0.4) is 0 Å². The van der Waals surface area contributed by atoms with Gasteiger partial charge in [0.1, 0.15) is 0 Å². The minimum atomic E-state index is 0.142. The van der Waals surface area contributed by atoms with E-state index in [4.69, 9.17) is 0 Å². The number of nitrogens with zero attached hydrogens (tertiary/aromatic N) is 1. The zero-order chi connectivity index (χ0) is 11.7. The number of benzene rings is 1. The van der Waals surface area contributed by atoms with E-state index in [1.54, 1.807) is 0 Å². The molecule has 0 saturated carbocycles. The van der Waals surface area contributed by atoms with Crippen LogP contribution in [0.1, 0.15) is 12.0 Å². The van der Waals surface area contributed by atoms with Gasteiger partial charge in [0, 0.05) is 0 Å². The van der Waals surface area contributed by atoms with Crippen molar-refractivity contribution in [2.75, 3.05) is 0 Å². The monoisotopic (exact) mass is 291 g/mol. The number of carbonyl (C=O) groups is 1. The maximum atomic E-state index is 12.2. The number of carbonyl (C=O) groups excluding carboxylic acids is 1. The summed E-state index contributed by atoms with van der Waals surface area (Å²) in [5.41, 5.74) is 1.22. The van der Waals surface area contributed by atoms with E-state index in [-0.39, 0.29) is 21.1 Å². The molecule has 0 bridgehead atoms. The molecule has 0 radical (unpaired) electrons. The van der Waals surface area contributed by atoms with Crippen LogP contribution < -0.4 is 0 Å². The Bertz CT molecular complexity index is 492. The van der Waals surface area contributed by atoms with Gasteiger partial charge in [0.2, 0.25) is 0 Å². The van der Waals surface area contributed by atoms with Crippen molar-refractivity contribution in [2.24, 2.45) is 5.92 Å². The number of allylic oxidation sites excluding steroid dienone is 3. The number of fused-ring (bicyclic) bond motifs is 1. The summed E-state index contributed by atoms with van der Waals surface area (Å²) in [6, 6.07) is 10.2. The van der Waals surface area contributed by atoms with Crippen LogP contribution in [0.15, 0.2) is 53.0 Å². The van der Waals surface area contributed by atoms with E-state index in [1.807, 2.05) is 22.1 Å².